The standard InChI is InChI=1S/C8H8F2O/c9-7-3-1-6(2-4-7)5-8(10)11/h1-4,8,11H,5H2/t8-/m1/s1. The smallest absolute Gasteiger partial charge is 0.200 e. The van der Waals surface area contributed by atoms with Crippen LogP contribution < -0.4 is 0 Å². The fourth-order valence-corrected chi connectivity index (χ4v) is 0.815. The Labute approximate surface area is 63.3 Å². The highest BCUT2D eigenvalue weighted by Gasteiger charge is 2.01. The lowest BCUT2D eigenvalue weighted by molar-refractivity contribution is 0.0429. The van der Waals surface area contributed by atoms with E-state index >= 15 is 0 Å². The van der Waals surface area contributed by atoms with Gasteiger partial charge in [0.25, 0.3) is 0 Å². The van der Waals surface area contributed by atoms with Crippen molar-refractivity contribution in [3.63, 3.8) is 0 Å². The first kappa shape index (κ1) is 8.14. The van der Waals surface area contributed by atoms with Gasteiger partial charge in [0.15, 0.2) is 6.36 Å². The predicted octanol–water partition coefficient (Wildman–Crippen LogP) is 1.66. The second kappa shape index (κ2) is 3.44. The quantitative estimate of drug-likeness (QED) is 0.693. The summed E-state index contributed by atoms with van der Waals surface area (Å²) < 4.78 is 24.2. The van der Waals surface area contributed by atoms with E-state index in [1.54, 1.807) is 0 Å². The number of halogens is 2. The number of aliphatic hydroxyl groups excluding tert-OH is 1. The molecule has 60 valence electrons. The van der Waals surface area contributed by atoms with Gasteiger partial charge in [-0.1, -0.05) is 12.1 Å². The van der Waals surface area contributed by atoms with Crippen LogP contribution in [0, 0.1) is 5.82 Å². The van der Waals surface area contributed by atoms with Gasteiger partial charge in [-0.3, -0.25) is 0 Å². The van der Waals surface area contributed by atoms with Crippen LogP contribution in [0.5, 0.6) is 0 Å². The lowest BCUT2D eigenvalue weighted by atomic mass is 10.1. The topological polar surface area (TPSA) is 20.2 Å². The molecule has 1 rings (SSSR count). The third kappa shape index (κ3) is 2.63. The molecule has 0 aliphatic rings. The Hall–Kier alpha value is -0.960. The summed E-state index contributed by atoms with van der Waals surface area (Å²) in [6.07, 6.45) is -1.94. The maximum atomic E-state index is 12.3. The summed E-state index contributed by atoms with van der Waals surface area (Å²) in [5.74, 6) is -0.359. The van der Waals surface area contributed by atoms with Crippen molar-refractivity contribution in [2.24, 2.45) is 0 Å². The first-order valence-electron chi connectivity index (χ1n) is 3.25. The van der Waals surface area contributed by atoms with Crippen molar-refractivity contribution in [3.05, 3.63) is 35.6 Å². The van der Waals surface area contributed by atoms with Gasteiger partial charge in [0.05, 0.1) is 0 Å². The molecule has 1 nitrogen and oxygen atoms in total. The molecule has 0 radical (unpaired) electrons. The summed E-state index contributed by atoms with van der Waals surface area (Å²) in [7, 11) is 0. The Bertz CT molecular complexity index is 218. The Morgan fingerprint density at radius 3 is 2.27 bits per heavy atom. The summed E-state index contributed by atoms with van der Waals surface area (Å²) >= 11 is 0. The second-order valence-corrected chi connectivity index (χ2v) is 2.27. The van der Waals surface area contributed by atoms with E-state index < -0.39 is 6.36 Å². The minimum absolute atomic E-state index is 0.0831. The van der Waals surface area contributed by atoms with Gasteiger partial charge in [0.2, 0.25) is 0 Å². The largest absolute Gasteiger partial charge is 0.364 e. The van der Waals surface area contributed by atoms with Crippen LogP contribution in [0.1, 0.15) is 5.56 Å². The van der Waals surface area contributed by atoms with Gasteiger partial charge in [-0.15, -0.1) is 0 Å². The number of hydrogen-bond acceptors (Lipinski definition) is 1. The molecule has 1 N–H and O–H groups in total. The molecule has 0 unspecified atom stereocenters. The van der Waals surface area contributed by atoms with Crippen molar-refractivity contribution in [2.75, 3.05) is 0 Å². The molecule has 0 saturated carbocycles. The summed E-state index contributed by atoms with van der Waals surface area (Å²) in [6.45, 7) is 0. The Morgan fingerprint density at radius 1 is 1.27 bits per heavy atom. The molecular weight excluding hydrogens is 150 g/mol. The van der Waals surface area contributed by atoms with Crippen molar-refractivity contribution >= 4 is 0 Å². The number of hydrogen-bond donors (Lipinski definition) is 1. The first-order chi connectivity index (χ1) is 5.18. The Kier molecular flexibility index (Phi) is 2.54. The predicted molar refractivity (Wildman–Crippen MR) is 37.2 cm³/mol. The van der Waals surface area contributed by atoms with Gasteiger partial charge in [-0.05, 0) is 17.7 Å². The molecule has 0 amide bonds. The van der Waals surface area contributed by atoms with Gasteiger partial charge in [0.1, 0.15) is 5.82 Å². The maximum absolute atomic E-state index is 12.3. The molecule has 0 spiro atoms. The third-order valence-corrected chi connectivity index (χ3v) is 1.32. The van der Waals surface area contributed by atoms with Crippen molar-refractivity contribution in [1.82, 2.24) is 0 Å². The van der Waals surface area contributed by atoms with E-state index in [1.165, 1.54) is 24.3 Å². The molecule has 1 atom stereocenters. The van der Waals surface area contributed by atoms with Crippen LogP contribution in [0.25, 0.3) is 0 Å². The summed E-state index contributed by atoms with van der Waals surface area (Å²) in [6, 6.07) is 5.35. The summed E-state index contributed by atoms with van der Waals surface area (Å²) in [4.78, 5) is 0. The number of aliphatic hydroxyl groups is 1. The van der Waals surface area contributed by atoms with Gasteiger partial charge < -0.3 is 5.11 Å². The molecule has 0 saturated heterocycles. The van der Waals surface area contributed by atoms with Crippen LogP contribution in [-0.4, -0.2) is 11.5 Å². The van der Waals surface area contributed by atoms with Crippen LogP contribution in [0.15, 0.2) is 24.3 Å². The van der Waals surface area contributed by atoms with E-state index in [-0.39, 0.29) is 12.2 Å². The molecular formula is C8H8F2O. The van der Waals surface area contributed by atoms with Gasteiger partial charge >= 0.3 is 0 Å². The first-order valence-corrected chi connectivity index (χ1v) is 3.25. The van der Waals surface area contributed by atoms with E-state index in [1.807, 2.05) is 0 Å². The zero-order chi connectivity index (χ0) is 8.27. The minimum atomic E-state index is -1.86. The van der Waals surface area contributed by atoms with E-state index in [0.717, 1.165) is 0 Å². The highest BCUT2D eigenvalue weighted by atomic mass is 19.1. The number of benzene rings is 1. The molecule has 0 aliphatic carbocycles. The Balaban J connectivity index is 2.66. The molecule has 0 aliphatic heterocycles. The fourth-order valence-electron chi connectivity index (χ4n) is 0.815. The van der Waals surface area contributed by atoms with Gasteiger partial charge in [-0.25, -0.2) is 8.78 Å². The molecule has 1 aromatic rings. The van der Waals surface area contributed by atoms with Crippen LogP contribution in [-0.2, 0) is 6.42 Å². The van der Waals surface area contributed by atoms with Crippen LogP contribution in [0.4, 0.5) is 8.78 Å². The normalized spacial score (nSPS) is 13.0. The lowest BCUT2D eigenvalue weighted by Crippen LogP contribution is -2.01. The molecule has 3 heteroatoms. The number of rotatable bonds is 2. The van der Waals surface area contributed by atoms with Gasteiger partial charge in [-0.2, -0.15) is 0 Å². The lowest BCUT2D eigenvalue weighted by Gasteiger charge is -1.99. The summed E-state index contributed by atoms with van der Waals surface area (Å²) in [5, 5.41) is 8.31. The number of alkyl halides is 1. The van der Waals surface area contributed by atoms with Crippen molar-refractivity contribution in [3.8, 4) is 0 Å². The van der Waals surface area contributed by atoms with Crippen molar-refractivity contribution in [1.29, 1.82) is 0 Å². The molecule has 1 aromatic carbocycles. The Morgan fingerprint density at radius 2 is 1.82 bits per heavy atom. The fraction of sp³-hybridized carbons (Fsp3) is 0.250. The second-order valence-electron chi connectivity index (χ2n) is 2.27. The van der Waals surface area contributed by atoms with E-state index in [9.17, 15) is 8.78 Å². The van der Waals surface area contributed by atoms with E-state index in [4.69, 9.17) is 5.11 Å². The molecule has 0 aromatic heterocycles. The summed E-state index contributed by atoms with van der Waals surface area (Å²) in [5.41, 5.74) is 0.585. The van der Waals surface area contributed by atoms with E-state index in [0.29, 0.717) is 5.56 Å². The average molecular weight is 158 g/mol. The van der Waals surface area contributed by atoms with Crippen molar-refractivity contribution < 1.29 is 13.9 Å². The molecule has 0 heterocycles. The van der Waals surface area contributed by atoms with Crippen LogP contribution in [0.3, 0.4) is 0 Å². The molecule has 0 bridgehead atoms. The molecule has 0 fully saturated rings. The molecule has 11 heavy (non-hydrogen) atoms. The monoisotopic (exact) mass is 158 g/mol. The van der Waals surface area contributed by atoms with E-state index in [2.05, 4.69) is 0 Å². The van der Waals surface area contributed by atoms with Crippen LogP contribution >= 0.6 is 0 Å². The third-order valence-electron chi connectivity index (χ3n) is 1.32. The maximum Gasteiger partial charge on any atom is 0.200 e. The average Bonchev–Trinajstić information content (AvgIpc) is 1.93. The van der Waals surface area contributed by atoms with Crippen LogP contribution in [0.2, 0.25) is 0 Å². The minimum Gasteiger partial charge on any atom is -0.364 e. The van der Waals surface area contributed by atoms with Gasteiger partial charge in [0, 0.05) is 6.42 Å². The SMILES string of the molecule is O[C@@H](F)Cc1ccc(F)cc1. The van der Waals surface area contributed by atoms with Crippen molar-refractivity contribution in [2.45, 2.75) is 12.8 Å². The highest BCUT2D eigenvalue weighted by Crippen LogP contribution is 2.05. The zero-order valence-corrected chi connectivity index (χ0v) is 5.80. The highest BCUT2D eigenvalue weighted by molar-refractivity contribution is 5.16. The zero-order valence-electron chi connectivity index (χ0n) is 5.80.